The molecule has 1 aromatic carbocycles. The quantitative estimate of drug-likeness (QED) is 0.880. The summed E-state index contributed by atoms with van der Waals surface area (Å²) in [4.78, 5) is 2.57. The number of nitrogens with one attached hydrogen (secondary N) is 1. The van der Waals surface area contributed by atoms with Crippen LogP contribution in [0.4, 0.5) is 0 Å². The van der Waals surface area contributed by atoms with Crippen LogP contribution in [0.5, 0.6) is 5.75 Å². The van der Waals surface area contributed by atoms with Crippen molar-refractivity contribution in [3.63, 3.8) is 0 Å². The second-order valence-corrected chi connectivity index (χ2v) is 7.09. The lowest BCUT2D eigenvalue weighted by atomic mass is 9.97. The summed E-state index contributed by atoms with van der Waals surface area (Å²) in [5.74, 6) is 1.98. The number of nitrogens with zero attached hydrogens (tertiary/aromatic N) is 1. The van der Waals surface area contributed by atoms with Gasteiger partial charge in [0.25, 0.3) is 0 Å². The van der Waals surface area contributed by atoms with Crippen molar-refractivity contribution in [2.24, 2.45) is 5.92 Å². The number of piperidine rings is 1. The minimum Gasteiger partial charge on any atom is -0.493 e. The van der Waals surface area contributed by atoms with Gasteiger partial charge in [-0.15, -0.1) is 0 Å². The fourth-order valence-electron chi connectivity index (χ4n) is 3.44. The monoisotopic (exact) mass is 352 g/mol. The van der Waals surface area contributed by atoms with Crippen LogP contribution in [0, 0.1) is 5.92 Å². The fraction of sp³-hybridized carbons (Fsp3) is 0.647. The van der Waals surface area contributed by atoms with Crippen molar-refractivity contribution in [3.8, 4) is 5.75 Å². The highest BCUT2D eigenvalue weighted by Crippen LogP contribution is 2.34. The number of benzene rings is 1. The molecule has 2 aliphatic heterocycles. The third-order valence-corrected chi connectivity index (χ3v) is 5.10. The Morgan fingerprint density at radius 1 is 1.33 bits per heavy atom. The maximum Gasteiger partial charge on any atom is 0.127 e. The largest absolute Gasteiger partial charge is 0.493 e. The van der Waals surface area contributed by atoms with E-state index in [2.05, 4.69) is 45.2 Å². The Morgan fingerprint density at radius 2 is 2.14 bits per heavy atom. The lowest BCUT2D eigenvalue weighted by molar-refractivity contribution is 0.204. The van der Waals surface area contributed by atoms with Crippen LogP contribution in [0.3, 0.4) is 0 Å². The fourth-order valence-corrected chi connectivity index (χ4v) is 3.99. The first kappa shape index (κ1) is 15.3. The molecule has 1 saturated heterocycles. The topological polar surface area (TPSA) is 24.5 Å². The Balaban J connectivity index is 1.69. The average molecular weight is 353 g/mol. The van der Waals surface area contributed by atoms with E-state index in [1.54, 1.807) is 0 Å². The summed E-state index contributed by atoms with van der Waals surface area (Å²) in [5, 5.41) is 3.45. The molecule has 21 heavy (non-hydrogen) atoms. The third-order valence-electron chi connectivity index (χ3n) is 4.64. The molecule has 0 radical (unpaired) electrons. The summed E-state index contributed by atoms with van der Waals surface area (Å²) in [6.07, 6.45) is 3.66. The molecule has 116 valence electrons. The summed E-state index contributed by atoms with van der Waals surface area (Å²) < 4.78 is 7.04. The second-order valence-electron chi connectivity index (χ2n) is 6.17. The van der Waals surface area contributed by atoms with Crippen LogP contribution in [0.15, 0.2) is 16.6 Å². The van der Waals surface area contributed by atoms with Crippen LogP contribution >= 0.6 is 15.9 Å². The SMILES string of the molecule is CCN(Cc1cc(Br)cc2c1OCC2)CC1CCNCC1. The minimum absolute atomic E-state index is 0.833. The predicted molar refractivity (Wildman–Crippen MR) is 89.9 cm³/mol. The second kappa shape index (κ2) is 7.12. The molecular weight excluding hydrogens is 328 g/mol. The zero-order valence-electron chi connectivity index (χ0n) is 12.8. The molecule has 1 fully saturated rings. The van der Waals surface area contributed by atoms with Gasteiger partial charge in [-0.2, -0.15) is 0 Å². The number of fused-ring (bicyclic) bond motifs is 1. The van der Waals surface area contributed by atoms with Gasteiger partial charge in [-0.1, -0.05) is 22.9 Å². The van der Waals surface area contributed by atoms with Crippen LogP contribution in [0.1, 0.15) is 30.9 Å². The Hall–Kier alpha value is -0.580. The van der Waals surface area contributed by atoms with Gasteiger partial charge in [0.2, 0.25) is 0 Å². The van der Waals surface area contributed by atoms with Crippen molar-refractivity contribution in [2.75, 3.05) is 32.8 Å². The molecule has 4 heteroatoms. The van der Waals surface area contributed by atoms with Gasteiger partial charge >= 0.3 is 0 Å². The third kappa shape index (κ3) is 3.79. The van der Waals surface area contributed by atoms with Gasteiger partial charge in [0.1, 0.15) is 5.75 Å². The molecule has 0 aromatic heterocycles. The molecule has 1 N–H and O–H groups in total. The van der Waals surface area contributed by atoms with E-state index in [-0.39, 0.29) is 0 Å². The Kier molecular flexibility index (Phi) is 5.19. The maximum atomic E-state index is 5.86. The number of halogens is 1. The van der Waals surface area contributed by atoms with E-state index in [4.69, 9.17) is 4.74 Å². The zero-order chi connectivity index (χ0) is 14.7. The van der Waals surface area contributed by atoms with Crippen molar-refractivity contribution in [1.29, 1.82) is 0 Å². The minimum atomic E-state index is 0.833. The standard InChI is InChI=1S/C17H25BrN2O/c1-2-20(11-13-3-6-19-7-4-13)12-15-10-16(18)9-14-5-8-21-17(14)15/h9-10,13,19H,2-8,11-12H2,1H3. The molecule has 0 aliphatic carbocycles. The first-order valence-corrected chi connectivity index (χ1v) is 8.92. The molecule has 1 aromatic rings. The van der Waals surface area contributed by atoms with Crippen LogP contribution in [0.2, 0.25) is 0 Å². The van der Waals surface area contributed by atoms with E-state index in [0.717, 1.165) is 37.8 Å². The normalized spacial score (nSPS) is 18.8. The number of hydrogen-bond donors (Lipinski definition) is 1. The van der Waals surface area contributed by atoms with Crippen LogP contribution < -0.4 is 10.1 Å². The van der Waals surface area contributed by atoms with Crippen LogP contribution in [0.25, 0.3) is 0 Å². The molecule has 0 spiro atoms. The van der Waals surface area contributed by atoms with Crippen LogP contribution in [-0.4, -0.2) is 37.7 Å². The smallest absolute Gasteiger partial charge is 0.127 e. The number of ether oxygens (including phenoxy) is 1. The van der Waals surface area contributed by atoms with Crippen molar-refractivity contribution in [1.82, 2.24) is 10.2 Å². The summed E-state index contributed by atoms with van der Waals surface area (Å²) in [5.41, 5.74) is 2.70. The van der Waals surface area contributed by atoms with E-state index >= 15 is 0 Å². The molecule has 0 amide bonds. The van der Waals surface area contributed by atoms with E-state index in [1.807, 2.05) is 0 Å². The zero-order valence-corrected chi connectivity index (χ0v) is 14.4. The van der Waals surface area contributed by atoms with Gasteiger partial charge in [-0.3, -0.25) is 4.90 Å². The highest BCUT2D eigenvalue weighted by Gasteiger charge is 2.21. The first-order valence-electron chi connectivity index (χ1n) is 8.13. The van der Waals surface area contributed by atoms with Gasteiger partial charge in [-0.25, -0.2) is 0 Å². The predicted octanol–water partition coefficient (Wildman–Crippen LogP) is 3.21. The van der Waals surface area contributed by atoms with Crippen molar-refractivity contribution >= 4 is 15.9 Å². The Morgan fingerprint density at radius 3 is 2.90 bits per heavy atom. The number of hydrogen-bond acceptors (Lipinski definition) is 3. The summed E-state index contributed by atoms with van der Waals surface area (Å²) in [6, 6.07) is 4.43. The first-order chi connectivity index (χ1) is 10.3. The molecule has 3 nitrogen and oxygen atoms in total. The molecule has 0 bridgehead atoms. The van der Waals surface area contributed by atoms with Crippen molar-refractivity contribution < 1.29 is 4.74 Å². The van der Waals surface area contributed by atoms with Gasteiger partial charge in [0, 0.05) is 29.5 Å². The van der Waals surface area contributed by atoms with Gasteiger partial charge < -0.3 is 10.1 Å². The Bertz CT molecular complexity index is 486. The van der Waals surface area contributed by atoms with Crippen molar-refractivity contribution in [2.45, 2.75) is 32.7 Å². The van der Waals surface area contributed by atoms with Crippen LogP contribution in [-0.2, 0) is 13.0 Å². The van der Waals surface area contributed by atoms with E-state index in [1.165, 1.54) is 48.1 Å². The van der Waals surface area contributed by atoms with E-state index in [0.29, 0.717) is 0 Å². The summed E-state index contributed by atoms with van der Waals surface area (Å²) >= 11 is 3.64. The summed E-state index contributed by atoms with van der Waals surface area (Å²) in [6.45, 7) is 8.77. The average Bonchev–Trinajstić information content (AvgIpc) is 2.96. The molecular formula is C17H25BrN2O. The maximum absolute atomic E-state index is 5.86. The van der Waals surface area contributed by atoms with E-state index < -0.39 is 0 Å². The molecule has 0 unspecified atom stereocenters. The molecule has 2 aliphatic rings. The Labute approximate surface area is 136 Å². The van der Waals surface area contributed by atoms with Gasteiger partial charge in [0.15, 0.2) is 0 Å². The highest BCUT2D eigenvalue weighted by molar-refractivity contribution is 9.10. The highest BCUT2D eigenvalue weighted by atomic mass is 79.9. The van der Waals surface area contributed by atoms with Gasteiger partial charge in [-0.05, 0) is 56.1 Å². The number of rotatable bonds is 5. The van der Waals surface area contributed by atoms with E-state index in [9.17, 15) is 0 Å². The molecule has 0 atom stereocenters. The van der Waals surface area contributed by atoms with Gasteiger partial charge in [0.05, 0.1) is 6.61 Å². The molecule has 3 rings (SSSR count). The van der Waals surface area contributed by atoms with Crippen molar-refractivity contribution in [3.05, 3.63) is 27.7 Å². The lowest BCUT2D eigenvalue weighted by Crippen LogP contribution is -2.36. The molecule has 2 heterocycles. The molecule has 0 saturated carbocycles. The summed E-state index contributed by atoms with van der Waals surface area (Å²) in [7, 11) is 0. The lowest BCUT2D eigenvalue weighted by Gasteiger charge is -2.29.